The van der Waals surface area contributed by atoms with Gasteiger partial charge in [-0.05, 0) is 53.5 Å². The largest absolute Gasteiger partial charge is 0.494 e. The van der Waals surface area contributed by atoms with Crippen LogP contribution in [-0.4, -0.2) is 16.6 Å². The lowest BCUT2D eigenvalue weighted by atomic mass is 9.95. The lowest BCUT2D eigenvalue weighted by Crippen LogP contribution is -2.02. The van der Waals surface area contributed by atoms with Crippen molar-refractivity contribution in [3.63, 3.8) is 0 Å². The van der Waals surface area contributed by atoms with Gasteiger partial charge < -0.3 is 4.74 Å². The lowest BCUT2D eigenvalue weighted by Gasteiger charge is -2.12. The number of unbranched alkanes of at least 4 members (excludes halogenated alkanes) is 5. The summed E-state index contributed by atoms with van der Waals surface area (Å²) in [6.07, 6.45) is 16.6. The average molecular weight is 487 g/mol. The zero-order chi connectivity index (χ0) is 25.6. The first-order chi connectivity index (χ1) is 17.5. The van der Waals surface area contributed by atoms with Gasteiger partial charge >= 0.3 is 0 Å². The van der Waals surface area contributed by atoms with Crippen LogP contribution in [0.25, 0.3) is 22.5 Å². The molecule has 0 saturated carbocycles. The first-order valence-corrected chi connectivity index (χ1v) is 14.2. The summed E-state index contributed by atoms with van der Waals surface area (Å²) in [5.41, 5.74) is 4.66. The highest BCUT2D eigenvalue weighted by molar-refractivity contribution is 5.68. The molecule has 0 aliphatic carbocycles. The Hall–Kier alpha value is -2.68. The molecular formula is C33H46N2O. The van der Waals surface area contributed by atoms with Crippen LogP contribution >= 0.6 is 0 Å². The third kappa shape index (κ3) is 9.76. The standard InChI is InChI=1S/C33H46N2O/c1-5-6-7-8-9-10-22-36-32-20-18-30(19-21-32)29-14-16-31(17-15-29)33-34-24-28(25-35-33)23-27(4)13-11-12-26(2)3/h14-21,24-27H,5-13,22-23H2,1-4H3. The van der Waals surface area contributed by atoms with Crippen LogP contribution in [0, 0.1) is 11.8 Å². The van der Waals surface area contributed by atoms with E-state index in [0.29, 0.717) is 5.92 Å². The van der Waals surface area contributed by atoms with Crippen molar-refractivity contribution in [3.8, 4) is 28.3 Å². The van der Waals surface area contributed by atoms with E-state index in [1.54, 1.807) is 0 Å². The number of nitrogens with zero attached hydrogens (tertiary/aromatic N) is 2. The molecular weight excluding hydrogens is 440 g/mol. The number of aromatic nitrogens is 2. The van der Waals surface area contributed by atoms with Gasteiger partial charge in [-0.2, -0.15) is 0 Å². The molecule has 0 aliphatic rings. The highest BCUT2D eigenvalue weighted by atomic mass is 16.5. The van der Waals surface area contributed by atoms with Gasteiger partial charge in [0.1, 0.15) is 5.75 Å². The van der Waals surface area contributed by atoms with Gasteiger partial charge in [0, 0.05) is 18.0 Å². The summed E-state index contributed by atoms with van der Waals surface area (Å²) in [6.45, 7) is 9.99. The molecule has 1 unspecified atom stereocenters. The number of benzene rings is 2. The van der Waals surface area contributed by atoms with Crippen molar-refractivity contribution in [2.45, 2.75) is 91.9 Å². The molecule has 0 bridgehead atoms. The monoisotopic (exact) mass is 486 g/mol. The molecule has 0 aliphatic heterocycles. The Kier molecular flexibility index (Phi) is 12.0. The first kappa shape index (κ1) is 27.9. The Bertz CT molecular complexity index is 978. The second-order valence-corrected chi connectivity index (χ2v) is 10.8. The molecule has 0 saturated heterocycles. The summed E-state index contributed by atoms with van der Waals surface area (Å²) in [5.74, 6) is 3.20. The highest BCUT2D eigenvalue weighted by Crippen LogP contribution is 2.25. The Labute approximate surface area is 219 Å². The number of rotatable bonds is 16. The molecule has 3 rings (SSSR count). The summed E-state index contributed by atoms with van der Waals surface area (Å²) in [5, 5.41) is 0. The highest BCUT2D eigenvalue weighted by Gasteiger charge is 2.08. The first-order valence-electron chi connectivity index (χ1n) is 14.2. The summed E-state index contributed by atoms with van der Waals surface area (Å²) in [6, 6.07) is 16.9. The fraction of sp³-hybridized carbons (Fsp3) is 0.515. The van der Waals surface area contributed by atoms with E-state index in [4.69, 9.17) is 4.74 Å². The van der Waals surface area contributed by atoms with Gasteiger partial charge in [-0.15, -0.1) is 0 Å². The minimum Gasteiger partial charge on any atom is -0.494 e. The van der Waals surface area contributed by atoms with Crippen LogP contribution < -0.4 is 4.74 Å². The Balaban J connectivity index is 1.47. The van der Waals surface area contributed by atoms with E-state index in [0.717, 1.165) is 42.5 Å². The van der Waals surface area contributed by atoms with E-state index in [2.05, 4.69) is 86.2 Å². The minimum absolute atomic E-state index is 0.671. The predicted octanol–water partition coefficient (Wildman–Crippen LogP) is 9.55. The zero-order valence-corrected chi connectivity index (χ0v) is 23.0. The van der Waals surface area contributed by atoms with Gasteiger partial charge in [-0.1, -0.05) is 115 Å². The van der Waals surface area contributed by atoms with Crippen molar-refractivity contribution in [1.82, 2.24) is 9.97 Å². The molecule has 36 heavy (non-hydrogen) atoms. The van der Waals surface area contributed by atoms with Gasteiger partial charge in [0.15, 0.2) is 5.82 Å². The van der Waals surface area contributed by atoms with E-state index in [1.165, 1.54) is 68.1 Å². The van der Waals surface area contributed by atoms with Crippen LogP contribution in [0.4, 0.5) is 0 Å². The molecule has 2 aromatic carbocycles. The second-order valence-electron chi connectivity index (χ2n) is 10.8. The number of ether oxygens (including phenoxy) is 1. The van der Waals surface area contributed by atoms with Crippen molar-refractivity contribution in [2.75, 3.05) is 6.61 Å². The summed E-state index contributed by atoms with van der Waals surface area (Å²) >= 11 is 0. The molecule has 0 radical (unpaired) electrons. The summed E-state index contributed by atoms with van der Waals surface area (Å²) in [7, 11) is 0. The third-order valence-corrected chi connectivity index (χ3v) is 6.87. The summed E-state index contributed by atoms with van der Waals surface area (Å²) < 4.78 is 5.93. The van der Waals surface area contributed by atoms with Crippen molar-refractivity contribution in [3.05, 3.63) is 66.5 Å². The Morgan fingerprint density at radius 1 is 0.667 bits per heavy atom. The number of hydrogen-bond donors (Lipinski definition) is 0. The van der Waals surface area contributed by atoms with Gasteiger partial charge in [0.05, 0.1) is 6.61 Å². The molecule has 0 amide bonds. The van der Waals surface area contributed by atoms with Crippen molar-refractivity contribution < 1.29 is 4.74 Å². The maximum Gasteiger partial charge on any atom is 0.159 e. The predicted molar refractivity (Wildman–Crippen MR) is 153 cm³/mol. The van der Waals surface area contributed by atoms with Crippen molar-refractivity contribution >= 4 is 0 Å². The van der Waals surface area contributed by atoms with Gasteiger partial charge in [0.25, 0.3) is 0 Å². The second kappa shape index (κ2) is 15.4. The molecule has 3 nitrogen and oxygen atoms in total. The lowest BCUT2D eigenvalue weighted by molar-refractivity contribution is 0.304. The third-order valence-electron chi connectivity index (χ3n) is 6.87. The zero-order valence-electron chi connectivity index (χ0n) is 23.0. The molecule has 0 spiro atoms. The van der Waals surface area contributed by atoms with Gasteiger partial charge in [-0.25, -0.2) is 9.97 Å². The van der Waals surface area contributed by atoms with E-state index >= 15 is 0 Å². The average Bonchev–Trinajstić information content (AvgIpc) is 2.89. The minimum atomic E-state index is 0.671. The maximum atomic E-state index is 5.93. The summed E-state index contributed by atoms with van der Waals surface area (Å²) in [4.78, 5) is 9.31. The van der Waals surface area contributed by atoms with Crippen LogP contribution in [-0.2, 0) is 6.42 Å². The van der Waals surface area contributed by atoms with E-state index in [-0.39, 0.29) is 0 Å². The molecule has 194 valence electrons. The van der Waals surface area contributed by atoms with Crippen LogP contribution in [0.2, 0.25) is 0 Å². The fourth-order valence-electron chi connectivity index (χ4n) is 4.62. The van der Waals surface area contributed by atoms with Crippen LogP contribution in [0.3, 0.4) is 0 Å². The maximum absolute atomic E-state index is 5.93. The Morgan fingerprint density at radius 2 is 1.25 bits per heavy atom. The van der Waals surface area contributed by atoms with Crippen LogP contribution in [0.5, 0.6) is 5.75 Å². The van der Waals surface area contributed by atoms with Crippen molar-refractivity contribution in [1.29, 1.82) is 0 Å². The molecule has 1 heterocycles. The van der Waals surface area contributed by atoms with E-state index in [1.807, 2.05) is 12.4 Å². The quantitative estimate of drug-likeness (QED) is 0.189. The topological polar surface area (TPSA) is 35.0 Å². The number of hydrogen-bond acceptors (Lipinski definition) is 3. The van der Waals surface area contributed by atoms with E-state index < -0.39 is 0 Å². The molecule has 1 atom stereocenters. The SMILES string of the molecule is CCCCCCCCOc1ccc(-c2ccc(-c3ncc(CC(C)CCCC(C)C)cn3)cc2)cc1. The molecule has 3 heteroatoms. The molecule has 0 N–H and O–H groups in total. The van der Waals surface area contributed by atoms with E-state index in [9.17, 15) is 0 Å². The molecule has 3 aromatic rings. The normalized spacial score (nSPS) is 12.1. The molecule has 1 aromatic heterocycles. The van der Waals surface area contributed by atoms with Gasteiger partial charge in [0.2, 0.25) is 0 Å². The smallest absolute Gasteiger partial charge is 0.159 e. The fourth-order valence-corrected chi connectivity index (χ4v) is 4.62. The van der Waals surface area contributed by atoms with Crippen LogP contribution in [0.1, 0.15) is 91.0 Å². The van der Waals surface area contributed by atoms with Crippen molar-refractivity contribution in [2.24, 2.45) is 11.8 Å². The molecule has 0 fully saturated rings. The van der Waals surface area contributed by atoms with Gasteiger partial charge in [-0.3, -0.25) is 0 Å². The Morgan fingerprint density at radius 3 is 1.89 bits per heavy atom. The van der Waals surface area contributed by atoms with Crippen LogP contribution in [0.15, 0.2) is 60.9 Å².